The monoisotopic (exact) mass is 219 g/mol. The van der Waals surface area contributed by atoms with Gasteiger partial charge in [-0.2, -0.15) is 5.26 Å². The fourth-order valence-electron chi connectivity index (χ4n) is 1.53. The van der Waals surface area contributed by atoms with Gasteiger partial charge in [-0.25, -0.2) is 8.78 Å². The van der Waals surface area contributed by atoms with Crippen LogP contribution in [-0.2, 0) is 4.43 Å². The Morgan fingerprint density at radius 3 is 2.21 bits per heavy atom. The molecular weight excluding hydrogens is 204 g/mol. The van der Waals surface area contributed by atoms with Gasteiger partial charge in [0.05, 0.1) is 6.07 Å². The van der Waals surface area contributed by atoms with Crippen LogP contribution in [0.4, 0.5) is 8.78 Å². The quantitative estimate of drug-likeness (QED) is 0.684. The summed E-state index contributed by atoms with van der Waals surface area (Å²) in [6, 6.07) is 1.98. The first-order chi connectivity index (χ1) is 6.23. The van der Waals surface area contributed by atoms with E-state index in [0.29, 0.717) is 0 Å². The Labute approximate surface area is 84.0 Å². The van der Waals surface area contributed by atoms with E-state index in [9.17, 15) is 8.78 Å². The first-order valence-corrected chi connectivity index (χ1v) is 8.10. The van der Waals surface area contributed by atoms with E-state index in [1.54, 1.807) is 0 Å². The van der Waals surface area contributed by atoms with E-state index in [2.05, 4.69) is 0 Å². The highest BCUT2D eigenvalue weighted by Gasteiger charge is 2.49. The molecule has 14 heavy (non-hydrogen) atoms. The molecule has 0 saturated heterocycles. The molecule has 0 spiro atoms. The Hall–Kier alpha value is -0.473. The second-order valence-corrected chi connectivity index (χ2v) is 9.26. The molecule has 1 aliphatic rings. The molecule has 80 valence electrons. The minimum Gasteiger partial charge on any atom is -0.402 e. The summed E-state index contributed by atoms with van der Waals surface area (Å²) in [5.41, 5.74) is 0. The highest BCUT2D eigenvalue weighted by molar-refractivity contribution is 6.69. The maximum atomic E-state index is 12.6. The van der Waals surface area contributed by atoms with Crippen LogP contribution in [0.25, 0.3) is 0 Å². The lowest BCUT2D eigenvalue weighted by Crippen LogP contribution is -2.45. The van der Waals surface area contributed by atoms with Crippen LogP contribution in [0.5, 0.6) is 0 Å². The summed E-state index contributed by atoms with van der Waals surface area (Å²) in [5, 5.41) is 8.80. The molecular formula is C9H15F2NOSi. The van der Waals surface area contributed by atoms with E-state index in [-0.39, 0.29) is 18.8 Å². The average molecular weight is 219 g/mol. The van der Waals surface area contributed by atoms with Crippen molar-refractivity contribution in [3.05, 3.63) is 0 Å². The van der Waals surface area contributed by atoms with Gasteiger partial charge in [-0.15, -0.1) is 0 Å². The third-order valence-corrected chi connectivity index (χ3v) is 3.12. The van der Waals surface area contributed by atoms with Crippen LogP contribution in [0.3, 0.4) is 0 Å². The number of nitriles is 1. The van der Waals surface area contributed by atoms with Crippen molar-refractivity contribution >= 4 is 8.32 Å². The molecule has 1 rings (SSSR count). The minimum atomic E-state index is -2.57. The molecule has 1 aliphatic carbocycles. The summed E-state index contributed by atoms with van der Waals surface area (Å²) in [7, 11) is -1.80. The van der Waals surface area contributed by atoms with E-state index in [1.165, 1.54) is 0 Å². The van der Waals surface area contributed by atoms with E-state index in [4.69, 9.17) is 9.69 Å². The van der Waals surface area contributed by atoms with Crippen molar-refractivity contribution in [2.24, 2.45) is 5.92 Å². The van der Waals surface area contributed by atoms with Crippen LogP contribution in [0, 0.1) is 17.2 Å². The van der Waals surface area contributed by atoms with Gasteiger partial charge in [-0.05, 0) is 19.6 Å². The predicted molar refractivity (Wildman–Crippen MR) is 51.5 cm³/mol. The first kappa shape index (κ1) is 11.6. The smallest absolute Gasteiger partial charge is 0.249 e. The van der Waals surface area contributed by atoms with Crippen LogP contribution < -0.4 is 0 Å². The van der Waals surface area contributed by atoms with Crippen molar-refractivity contribution in [1.29, 1.82) is 5.26 Å². The van der Waals surface area contributed by atoms with Gasteiger partial charge in [-0.1, -0.05) is 0 Å². The van der Waals surface area contributed by atoms with Crippen molar-refractivity contribution in [3.8, 4) is 6.07 Å². The number of alkyl halides is 2. The largest absolute Gasteiger partial charge is 0.402 e. The molecule has 1 unspecified atom stereocenters. The zero-order valence-corrected chi connectivity index (χ0v) is 9.68. The van der Waals surface area contributed by atoms with Crippen molar-refractivity contribution < 1.29 is 13.2 Å². The summed E-state index contributed by atoms with van der Waals surface area (Å²) in [6.07, 6.45) is -1.04. The van der Waals surface area contributed by atoms with Crippen molar-refractivity contribution in [2.45, 2.75) is 44.5 Å². The number of rotatable bonds is 3. The standard InChI is InChI=1S/C9H15F2NOSi/c1-14(2,3)13-8(6-12)7-4-9(10,11)5-7/h7-8H,4-5H2,1-3H3. The Morgan fingerprint density at radius 1 is 1.43 bits per heavy atom. The highest BCUT2D eigenvalue weighted by atomic mass is 28.4. The van der Waals surface area contributed by atoms with Gasteiger partial charge in [0.25, 0.3) is 0 Å². The molecule has 0 amide bonds. The Bertz CT molecular complexity index is 249. The summed E-state index contributed by atoms with van der Waals surface area (Å²) in [4.78, 5) is 0. The maximum Gasteiger partial charge on any atom is 0.249 e. The number of hydrogen-bond acceptors (Lipinski definition) is 2. The maximum absolute atomic E-state index is 12.6. The van der Waals surface area contributed by atoms with Crippen molar-refractivity contribution in [2.75, 3.05) is 0 Å². The Balaban J connectivity index is 2.47. The van der Waals surface area contributed by atoms with E-state index >= 15 is 0 Å². The second kappa shape index (κ2) is 3.59. The van der Waals surface area contributed by atoms with Crippen LogP contribution in [-0.4, -0.2) is 20.3 Å². The molecule has 1 fully saturated rings. The normalized spacial score (nSPS) is 23.7. The molecule has 1 atom stereocenters. The molecule has 5 heteroatoms. The molecule has 0 radical (unpaired) electrons. The lowest BCUT2D eigenvalue weighted by atomic mass is 9.78. The lowest BCUT2D eigenvalue weighted by molar-refractivity contribution is -0.129. The summed E-state index contributed by atoms with van der Waals surface area (Å²) < 4.78 is 30.7. The summed E-state index contributed by atoms with van der Waals surface area (Å²) in [6.45, 7) is 5.86. The van der Waals surface area contributed by atoms with Gasteiger partial charge >= 0.3 is 0 Å². The number of halogens is 2. The molecule has 0 aliphatic heterocycles. The van der Waals surface area contributed by atoms with Crippen molar-refractivity contribution in [1.82, 2.24) is 0 Å². The molecule has 0 heterocycles. The molecule has 0 aromatic carbocycles. The van der Waals surface area contributed by atoms with Gasteiger partial charge in [0.1, 0.15) is 6.10 Å². The number of nitrogens with zero attached hydrogens (tertiary/aromatic N) is 1. The Kier molecular flexibility index (Phi) is 2.98. The fraction of sp³-hybridized carbons (Fsp3) is 0.889. The van der Waals surface area contributed by atoms with E-state index in [0.717, 1.165) is 0 Å². The number of hydrogen-bond donors (Lipinski definition) is 0. The van der Waals surface area contributed by atoms with Gasteiger partial charge < -0.3 is 4.43 Å². The molecule has 0 aromatic heterocycles. The van der Waals surface area contributed by atoms with Crippen LogP contribution in [0.2, 0.25) is 19.6 Å². The van der Waals surface area contributed by atoms with Gasteiger partial charge in [-0.3, -0.25) is 0 Å². The third kappa shape index (κ3) is 3.03. The topological polar surface area (TPSA) is 33.0 Å². The minimum absolute atomic E-state index is 0.199. The summed E-state index contributed by atoms with van der Waals surface area (Å²) >= 11 is 0. The van der Waals surface area contributed by atoms with Crippen molar-refractivity contribution in [3.63, 3.8) is 0 Å². The summed E-state index contributed by atoms with van der Waals surface area (Å²) in [5.74, 6) is -2.84. The van der Waals surface area contributed by atoms with Crippen LogP contribution in [0.15, 0.2) is 0 Å². The lowest BCUT2D eigenvalue weighted by Gasteiger charge is -2.39. The average Bonchev–Trinajstić information content (AvgIpc) is 1.93. The molecule has 0 N–H and O–H groups in total. The predicted octanol–water partition coefficient (Wildman–Crippen LogP) is 2.78. The highest BCUT2D eigenvalue weighted by Crippen LogP contribution is 2.45. The molecule has 1 saturated carbocycles. The van der Waals surface area contributed by atoms with Crippen LogP contribution >= 0.6 is 0 Å². The SMILES string of the molecule is C[Si](C)(C)OC(C#N)C1CC(F)(F)C1. The van der Waals surface area contributed by atoms with Gasteiger partial charge in [0.15, 0.2) is 8.32 Å². The first-order valence-electron chi connectivity index (χ1n) is 4.69. The van der Waals surface area contributed by atoms with E-state index < -0.39 is 20.3 Å². The molecule has 0 aromatic rings. The van der Waals surface area contributed by atoms with E-state index in [1.807, 2.05) is 25.7 Å². The Morgan fingerprint density at radius 2 is 1.93 bits per heavy atom. The second-order valence-electron chi connectivity index (χ2n) is 4.80. The molecule has 0 bridgehead atoms. The zero-order valence-electron chi connectivity index (χ0n) is 8.68. The zero-order chi connectivity index (χ0) is 11.0. The van der Waals surface area contributed by atoms with Gasteiger partial charge in [0.2, 0.25) is 5.92 Å². The third-order valence-electron chi connectivity index (χ3n) is 2.16. The fourth-order valence-corrected chi connectivity index (χ4v) is 2.54. The van der Waals surface area contributed by atoms with Crippen LogP contribution in [0.1, 0.15) is 12.8 Å². The van der Waals surface area contributed by atoms with Gasteiger partial charge in [0, 0.05) is 18.8 Å². The molecule has 2 nitrogen and oxygen atoms in total.